The Morgan fingerprint density at radius 1 is 0.603 bits per heavy atom. The molecule has 2 heterocycles. The molecule has 1 amide bonds. The number of nitrogens with one attached hydrogen (secondary N) is 1. The Bertz CT molecular complexity index is 1040. The van der Waals surface area contributed by atoms with Gasteiger partial charge in [-0.25, -0.2) is 0 Å². The molecule has 14 nitrogen and oxygen atoms in total. The maximum Gasteiger partial charge on any atom is 0.220 e. The van der Waals surface area contributed by atoms with Gasteiger partial charge < -0.3 is 65.1 Å². The van der Waals surface area contributed by atoms with Crippen molar-refractivity contribution in [3.05, 3.63) is 12.2 Å². The van der Waals surface area contributed by atoms with Gasteiger partial charge in [0.05, 0.1) is 32.0 Å². The van der Waals surface area contributed by atoms with Crippen LogP contribution in [0.3, 0.4) is 0 Å². The first kappa shape index (κ1) is 52.9. The number of aliphatic hydroxyl groups is 8. The highest BCUT2D eigenvalue weighted by molar-refractivity contribution is 5.76. The normalized spacial score (nSPS) is 28.9. The van der Waals surface area contributed by atoms with E-state index >= 15 is 0 Å². The number of carbonyl (C=O) groups excluding carboxylic acids is 1. The van der Waals surface area contributed by atoms with Crippen LogP contribution in [0.25, 0.3) is 0 Å². The van der Waals surface area contributed by atoms with Crippen LogP contribution in [0.15, 0.2) is 12.2 Å². The lowest BCUT2D eigenvalue weighted by Crippen LogP contribution is -2.65. The Balaban J connectivity index is 1.75. The van der Waals surface area contributed by atoms with Crippen LogP contribution in [0.1, 0.15) is 168 Å². The van der Waals surface area contributed by atoms with Crippen LogP contribution in [0.5, 0.6) is 0 Å². The van der Waals surface area contributed by atoms with Crippen molar-refractivity contribution in [1.29, 1.82) is 0 Å². The topological polar surface area (TPSA) is 228 Å². The summed E-state index contributed by atoms with van der Waals surface area (Å²) in [5.74, 6) is -0.245. The molecule has 0 aromatic carbocycles. The average Bonchev–Trinajstić information content (AvgIpc) is 3.22. The van der Waals surface area contributed by atoms with Gasteiger partial charge in [0, 0.05) is 6.42 Å². The summed E-state index contributed by atoms with van der Waals surface area (Å²) in [6.45, 7) is 2.66. The molecule has 0 saturated carbocycles. The molecule has 0 aromatic heterocycles. The minimum absolute atomic E-state index is 0.245. The third kappa shape index (κ3) is 20.5. The number of aliphatic hydroxyl groups excluding tert-OH is 8. The molecule has 14 heteroatoms. The predicted octanol–water partition coefficient (Wildman–Crippen LogP) is 4.43. The average molecular weight is 834 g/mol. The molecule has 12 unspecified atom stereocenters. The number of carbonyl (C=O) groups is 1. The predicted molar refractivity (Wildman–Crippen MR) is 222 cm³/mol. The van der Waals surface area contributed by atoms with Crippen LogP contribution >= 0.6 is 0 Å². The first-order valence-electron chi connectivity index (χ1n) is 22.9. The van der Waals surface area contributed by atoms with Crippen LogP contribution in [0.2, 0.25) is 0 Å². The Kier molecular flexibility index (Phi) is 29.6. The molecule has 0 spiro atoms. The molecular formula is C44H83NO13. The van der Waals surface area contributed by atoms with Crippen molar-refractivity contribution < 1.29 is 64.6 Å². The van der Waals surface area contributed by atoms with Crippen LogP contribution in [-0.4, -0.2) is 140 Å². The van der Waals surface area contributed by atoms with Crippen LogP contribution in [0, 0.1) is 0 Å². The fourth-order valence-electron chi connectivity index (χ4n) is 7.64. The third-order valence-electron chi connectivity index (χ3n) is 11.5. The summed E-state index contributed by atoms with van der Waals surface area (Å²) in [6, 6.07) is -0.904. The van der Waals surface area contributed by atoms with Crippen molar-refractivity contribution in [3.63, 3.8) is 0 Å². The first-order chi connectivity index (χ1) is 28.1. The number of hydrogen-bond donors (Lipinski definition) is 9. The number of amides is 1. The molecule has 0 aromatic rings. The molecule has 0 aliphatic carbocycles. The van der Waals surface area contributed by atoms with Crippen molar-refractivity contribution in [2.75, 3.05) is 19.8 Å². The quantitative estimate of drug-likeness (QED) is 0.0324. The van der Waals surface area contributed by atoms with Gasteiger partial charge in [-0.1, -0.05) is 154 Å². The second-order valence-corrected chi connectivity index (χ2v) is 16.5. The molecule has 0 bridgehead atoms. The van der Waals surface area contributed by atoms with E-state index in [1.54, 1.807) is 6.08 Å². The van der Waals surface area contributed by atoms with E-state index in [1.807, 2.05) is 6.08 Å². The number of allylic oxidation sites excluding steroid dienone is 1. The fourth-order valence-corrected chi connectivity index (χ4v) is 7.64. The number of rotatable bonds is 34. The summed E-state index contributed by atoms with van der Waals surface area (Å²) in [7, 11) is 0. The Morgan fingerprint density at radius 2 is 1.07 bits per heavy atom. The van der Waals surface area contributed by atoms with Gasteiger partial charge in [-0.05, 0) is 19.3 Å². The molecule has 342 valence electrons. The Labute approximate surface area is 348 Å². The number of ether oxygens (including phenoxy) is 4. The zero-order valence-electron chi connectivity index (χ0n) is 35.8. The van der Waals surface area contributed by atoms with Crippen molar-refractivity contribution in [3.8, 4) is 0 Å². The molecule has 12 atom stereocenters. The largest absolute Gasteiger partial charge is 0.394 e. The fraction of sp³-hybridized carbons (Fsp3) is 0.932. The summed E-state index contributed by atoms with van der Waals surface area (Å²) >= 11 is 0. The molecule has 9 N–H and O–H groups in total. The molecular weight excluding hydrogens is 750 g/mol. The zero-order chi connectivity index (χ0) is 42.5. The summed E-state index contributed by atoms with van der Waals surface area (Å²) in [5.41, 5.74) is 0. The van der Waals surface area contributed by atoms with Crippen LogP contribution in [0.4, 0.5) is 0 Å². The second-order valence-electron chi connectivity index (χ2n) is 16.5. The highest BCUT2D eigenvalue weighted by atomic mass is 16.7. The standard InChI is InChI=1S/C44H83NO13/c1-3-5-7-9-10-11-12-13-14-15-16-17-18-19-20-21-22-24-26-28-36(49)45-32(33(48)27-25-23-8-6-4-2)31-55-43-41(54)39(52)42(35(30-47)57-43)58-44-40(53)38(51)37(50)34(29-46)56-44/h25,27,32-35,37-44,46-48,50-54H,3-24,26,28-31H2,1-2H3,(H,45,49)/b27-25+. The van der Waals surface area contributed by atoms with Gasteiger partial charge >= 0.3 is 0 Å². The van der Waals surface area contributed by atoms with E-state index in [2.05, 4.69) is 19.2 Å². The number of unbranched alkanes of at least 4 members (excludes halogenated alkanes) is 21. The summed E-state index contributed by atoms with van der Waals surface area (Å²) in [4.78, 5) is 13.0. The van der Waals surface area contributed by atoms with E-state index < -0.39 is 86.8 Å². The molecule has 2 saturated heterocycles. The van der Waals surface area contributed by atoms with E-state index in [4.69, 9.17) is 18.9 Å². The lowest BCUT2D eigenvalue weighted by molar-refractivity contribution is -0.359. The van der Waals surface area contributed by atoms with Gasteiger partial charge in [-0.2, -0.15) is 0 Å². The molecule has 58 heavy (non-hydrogen) atoms. The minimum Gasteiger partial charge on any atom is -0.394 e. The van der Waals surface area contributed by atoms with Crippen molar-refractivity contribution in [1.82, 2.24) is 5.32 Å². The molecule has 2 aliphatic heterocycles. The first-order valence-corrected chi connectivity index (χ1v) is 22.9. The monoisotopic (exact) mass is 834 g/mol. The Hall–Kier alpha value is -1.27. The van der Waals surface area contributed by atoms with Gasteiger partial charge in [-0.3, -0.25) is 4.79 Å². The van der Waals surface area contributed by atoms with E-state index in [0.717, 1.165) is 44.9 Å². The van der Waals surface area contributed by atoms with Gasteiger partial charge in [0.25, 0.3) is 0 Å². The zero-order valence-corrected chi connectivity index (χ0v) is 35.8. The van der Waals surface area contributed by atoms with Gasteiger partial charge in [0.1, 0.15) is 48.8 Å². The maximum absolute atomic E-state index is 13.0. The van der Waals surface area contributed by atoms with Crippen LogP contribution < -0.4 is 5.32 Å². The van der Waals surface area contributed by atoms with E-state index in [1.165, 1.54) is 96.3 Å². The number of hydrogen-bond acceptors (Lipinski definition) is 13. The summed E-state index contributed by atoms with van der Waals surface area (Å²) < 4.78 is 22.5. The maximum atomic E-state index is 13.0. The van der Waals surface area contributed by atoms with E-state index in [9.17, 15) is 45.6 Å². The smallest absolute Gasteiger partial charge is 0.220 e. The highest BCUT2D eigenvalue weighted by Crippen LogP contribution is 2.30. The van der Waals surface area contributed by atoms with Gasteiger partial charge in [0.2, 0.25) is 5.91 Å². The lowest BCUT2D eigenvalue weighted by atomic mass is 9.97. The van der Waals surface area contributed by atoms with Gasteiger partial charge in [-0.15, -0.1) is 0 Å². The second kappa shape index (κ2) is 32.4. The molecule has 0 radical (unpaired) electrons. The van der Waals surface area contributed by atoms with Crippen LogP contribution in [-0.2, 0) is 23.7 Å². The van der Waals surface area contributed by atoms with Crippen molar-refractivity contribution >= 4 is 5.91 Å². The van der Waals surface area contributed by atoms with E-state index in [-0.39, 0.29) is 18.9 Å². The lowest BCUT2D eigenvalue weighted by Gasteiger charge is -2.46. The third-order valence-corrected chi connectivity index (χ3v) is 11.5. The van der Waals surface area contributed by atoms with Gasteiger partial charge in [0.15, 0.2) is 12.6 Å². The van der Waals surface area contributed by atoms with Crippen molar-refractivity contribution in [2.24, 2.45) is 0 Å². The summed E-state index contributed by atoms with van der Waals surface area (Å²) in [5, 5.41) is 86.0. The SMILES string of the molecule is CCCCC/C=C/C(O)C(COC1OC(CO)C(OC2OC(CO)C(O)C(O)C2O)C(O)C1O)NC(=O)CCCCCCCCCCCCCCCCCCCCC. The van der Waals surface area contributed by atoms with E-state index in [0.29, 0.717) is 6.42 Å². The van der Waals surface area contributed by atoms with Crippen molar-refractivity contribution in [2.45, 2.75) is 242 Å². The molecule has 2 aliphatic rings. The molecule has 2 rings (SSSR count). The summed E-state index contributed by atoms with van der Waals surface area (Å²) in [6.07, 6.45) is 14.7. The highest BCUT2D eigenvalue weighted by Gasteiger charge is 2.50. The minimum atomic E-state index is -1.78. The Morgan fingerprint density at radius 3 is 1.59 bits per heavy atom. The molecule has 2 fully saturated rings.